The van der Waals surface area contributed by atoms with Gasteiger partial charge in [0.05, 0.1) is 12.7 Å². The summed E-state index contributed by atoms with van der Waals surface area (Å²) in [6.45, 7) is 3.32. The molecule has 0 aromatic heterocycles. The van der Waals surface area contributed by atoms with Gasteiger partial charge in [0.15, 0.2) is 0 Å². The Bertz CT molecular complexity index is 304. The van der Waals surface area contributed by atoms with Crippen LogP contribution in [0, 0.1) is 12.3 Å². The first-order chi connectivity index (χ1) is 9.24. The summed E-state index contributed by atoms with van der Waals surface area (Å²) < 4.78 is 5.91. The minimum atomic E-state index is -0.412. The third kappa shape index (κ3) is 5.26. The quantitative estimate of drug-likeness (QED) is 0.792. The average molecular weight is 302 g/mol. The molecule has 116 valence electrons. The van der Waals surface area contributed by atoms with Crippen molar-refractivity contribution in [1.29, 1.82) is 0 Å². The van der Waals surface area contributed by atoms with E-state index in [4.69, 9.17) is 11.2 Å². The van der Waals surface area contributed by atoms with Crippen LogP contribution in [0.2, 0.25) is 0 Å². The van der Waals surface area contributed by atoms with Crippen LogP contribution in [0.5, 0.6) is 0 Å². The summed E-state index contributed by atoms with van der Waals surface area (Å²) in [7, 11) is 0. The lowest BCUT2D eigenvalue weighted by Gasteiger charge is -2.34. The lowest BCUT2D eigenvalue weighted by molar-refractivity contribution is -0.0704. The lowest BCUT2D eigenvalue weighted by Crippen LogP contribution is -2.41. The summed E-state index contributed by atoms with van der Waals surface area (Å²) in [5.74, 6) is 2.83. The molecular weight excluding hydrogens is 274 g/mol. The third-order valence-electron chi connectivity index (χ3n) is 4.39. The second-order valence-corrected chi connectivity index (χ2v) is 6.03. The van der Waals surface area contributed by atoms with Crippen molar-refractivity contribution in [2.75, 3.05) is 26.2 Å². The van der Waals surface area contributed by atoms with Crippen LogP contribution >= 0.6 is 12.4 Å². The molecule has 1 aliphatic carbocycles. The summed E-state index contributed by atoms with van der Waals surface area (Å²) in [6.07, 6.45) is 14.5. The maximum Gasteiger partial charge on any atom is 0.128 e. The highest BCUT2D eigenvalue weighted by Crippen LogP contribution is 2.31. The number of hydrogen-bond acceptors (Lipinski definition) is 3. The number of halogens is 1. The standard InChI is InChI=1S/C16H27NO2.ClH/c1-2-16(9-5-3-6-10-16)19-14-15(18)13-17-11-7-4-8-12-17;/h1,15,18H,3-14H2;1H. The summed E-state index contributed by atoms with van der Waals surface area (Å²) in [6, 6.07) is 0. The molecule has 1 aliphatic heterocycles. The van der Waals surface area contributed by atoms with Crippen molar-refractivity contribution in [2.24, 2.45) is 0 Å². The Hall–Kier alpha value is -0.270. The summed E-state index contributed by atoms with van der Waals surface area (Å²) >= 11 is 0. The fourth-order valence-corrected chi connectivity index (χ4v) is 3.20. The topological polar surface area (TPSA) is 32.7 Å². The van der Waals surface area contributed by atoms with Crippen LogP contribution in [0.15, 0.2) is 0 Å². The zero-order chi connectivity index (χ0) is 13.6. The predicted octanol–water partition coefficient (Wildman–Crippen LogP) is 2.61. The van der Waals surface area contributed by atoms with E-state index in [1.807, 2.05) is 0 Å². The zero-order valence-corrected chi connectivity index (χ0v) is 13.2. The highest BCUT2D eigenvalue weighted by atomic mass is 35.5. The fourth-order valence-electron chi connectivity index (χ4n) is 3.20. The molecule has 1 saturated carbocycles. The van der Waals surface area contributed by atoms with E-state index >= 15 is 0 Å². The highest BCUT2D eigenvalue weighted by molar-refractivity contribution is 5.85. The van der Waals surface area contributed by atoms with E-state index in [0.29, 0.717) is 6.61 Å². The summed E-state index contributed by atoms with van der Waals surface area (Å²) in [5, 5.41) is 10.1. The number of aliphatic hydroxyl groups excluding tert-OH is 1. The van der Waals surface area contributed by atoms with Gasteiger partial charge in [0.2, 0.25) is 0 Å². The van der Waals surface area contributed by atoms with E-state index in [1.165, 1.54) is 25.7 Å². The third-order valence-corrected chi connectivity index (χ3v) is 4.39. The van der Waals surface area contributed by atoms with Gasteiger partial charge in [-0.2, -0.15) is 0 Å². The van der Waals surface area contributed by atoms with E-state index in [0.717, 1.165) is 45.3 Å². The molecule has 0 aromatic carbocycles. The Balaban J connectivity index is 0.00000200. The van der Waals surface area contributed by atoms with Crippen molar-refractivity contribution in [2.45, 2.75) is 63.1 Å². The zero-order valence-electron chi connectivity index (χ0n) is 12.4. The second-order valence-electron chi connectivity index (χ2n) is 6.03. The number of rotatable bonds is 5. The number of β-amino-alcohol motifs (C(OH)–C–C–N with tert-alkyl or cyclic N) is 1. The van der Waals surface area contributed by atoms with E-state index in [2.05, 4.69) is 10.8 Å². The Morgan fingerprint density at radius 2 is 1.70 bits per heavy atom. The van der Waals surface area contributed by atoms with Crippen LogP contribution in [0.4, 0.5) is 0 Å². The van der Waals surface area contributed by atoms with Gasteiger partial charge in [-0.3, -0.25) is 0 Å². The first-order valence-corrected chi connectivity index (χ1v) is 7.76. The van der Waals surface area contributed by atoms with E-state index in [9.17, 15) is 5.11 Å². The Morgan fingerprint density at radius 3 is 2.30 bits per heavy atom. The van der Waals surface area contributed by atoms with E-state index in [1.54, 1.807) is 0 Å². The molecule has 0 spiro atoms. The summed E-state index contributed by atoms with van der Waals surface area (Å²) in [5.41, 5.74) is -0.402. The largest absolute Gasteiger partial charge is 0.389 e. The minimum absolute atomic E-state index is 0. The first kappa shape index (κ1) is 17.8. The molecule has 0 aromatic rings. The smallest absolute Gasteiger partial charge is 0.128 e. The number of likely N-dealkylation sites (tertiary alicyclic amines) is 1. The maximum atomic E-state index is 10.1. The van der Waals surface area contributed by atoms with Gasteiger partial charge in [0.25, 0.3) is 0 Å². The van der Waals surface area contributed by atoms with Gasteiger partial charge in [0.1, 0.15) is 5.60 Å². The molecule has 0 amide bonds. The van der Waals surface area contributed by atoms with Crippen molar-refractivity contribution >= 4 is 12.4 Å². The molecule has 2 rings (SSSR count). The van der Waals surface area contributed by atoms with Crippen molar-refractivity contribution in [3.05, 3.63) is 0 Å². The molecule has 0 radical (unpaired) electrons. The molecule has 1 saturated heterocycles. The van der Waals surface area contributed by atoms with Crippen LogP contribution in [0.1, 0.15) is 51.4 Å². The molecule has 1 N–H and O–H groups in total. The SMILES string of the molecule is C#CC1(OCC(O)CN2CCCCC2)CCCCC1.Cl. The fraction of sp³-hybridized carbons (Fsp3) is 0.875. The van der Waals surface area contributed by atoms with E-state index in [-0.39, 0.29) is 12.4 Å². The molecule has 2 aliphatic rings. The monoisotopic (exact) mass is 301 g/mol. The molecule has 1 unspecified atom stereocenters. The Kier molecular flexibility index (Phi) is 7.91. The first-order valence-electron chi connectivity index (χ1n) is 7.76. The number of aliphatic hydroxyl groups is 1. The van der Waals surface area contributed by atoms with Crippen molar-refractivity contribution in [3.8, 4) is 12.3 Å². The molecular formula is C16H28ClNO2. The maximum absolute atomic E-state index is 10.1. The van der Waals surface area contributed by atoms with Crippen molar-refractivity contribution < 1.29 is 9.84 Å². The molecule has 20 heavy (non-hydrogen) atoms. The van der Waals surface area contributed by atoms with Crippen LogP contribution in [0.3, 0.4) is 0 Å². The normalized spacial score (nSPS) is 24.4. The van der Waals surface area contributed by atoms with Gasteiger partial charge in [-0.15, -0.1) is 18.8 Å². The summed E-state index contributed by atoms with van der Waals surface area (Å²) in [4.78, 5) is 2.33. The van der Waals surface area contributed by atoms with Gasteiger partial charge < -0.3 is 14.7 Å². The number of hydrogen-bond donors (Lipinski definition) is 1. The van der Waals surface area contributed by atoms with Gasteiger partial charge in [-0.05, 0) is 51.6 Å². The van der Waals surface area contributed by atoms with E-state index < -0.39 is 11.7 Å². The molecule has 0 bridgehead atoms. The van der Waals surface area contributed by atoms with Crippen LogP contribution < -0.4 is 0 Å². The highest BCUT2D eigenvalue weighted by Gasteiger charge is 2.31. The number of terminal acetylenes is 1. The van der Waals surface area contributed by atoms with Crippen molar-refractivity contribution in [1.82, 2.24) is 4.90 Å². The second kappa shape index (κ2) is 8.89. The number of ether oxygens (including phenoxy) is 1. The molecule has 1 atom stereocenters. The number of piperidine rings is 1. The van der Waals surface area contributed by atoms with Crippen LogP contribution in [0.25, 0.3) is 0 Å². The average Bonchev–Trinajstić information content (AvgIpc) is 2.47. The van der Waals surface area contributed by atoms with Gasteiger partial charge >= 0.3 is 0 Å². The molecule has 2 fully saturated rings. The van der Waals surface area contributed by atoms with Gasteiger partial charge in [-0.1, -0.05) is 18.8 Å². The Morgan fingerprint density at radius 1 is 1.10 bits per heavy atom. The molecule has 3 nitrogen and oxygen atoms in total. The van der Waals surface area contributed by atoms with Crippen molar-refractivity contribution in [3.63, 3.8) is 0 Å². The molecule has 4 heteroatoms. The van der Waals surface area contributed by atoms with Gasteiger partial charge in [-0.25, -0.2) is 0 Å². The lowest BCUT2D eigenvalue weighted by atomic mass is 9.85. The minimum Gasteiger partial charge on any atom is -0.389 e. The molecule has 1 heterocycles. The predicted molar refractivity (Wildman–Crippen MR) is 84.1 cm³/mol. The van der Waals surface area contributed by atoms with Crippen LogP contribution in [-0.2, 0) is 4.74 Å². The Labute approximate surface area is 129 Å². The van der Waals surface area contributed by atoms with Crippen LogP contribution in [-0.4, -0.2) is 48.0 Å². The van der Waals surface area contributed by atoms with Gasteiger partial charge in [0, 0.05) is 6.54 Å². The number of nitrogens with zero attached hydrogens (tertiary/aromatic N) is 1.